The van der Waals surface area contributed by atoms with Crippen LogP contribution < -0.4 is 5.32 Å². The Morgan fingerprint density at radius 3 is 2.42 bits per heavy atom. The number of halogens is 5. The third-order valence-corrected chi connectivity index (χ3v) is 3.62. The molecule has 1 aliphatic carbocycles. The predicted molar refractivity (Wildman–Crippen MR) is 66.8 cm³/mol. The number of anilines is 1. The highest BCUT2D eigenvalue weighted by atomic mass is 35.5. The van der Waals surface area contributed by atoms with Crippen molar-refractivity contribution < 1.29 is 17.6 Å². The molecule has 19 heavy (non-hydrogen) atoms. The van der Waals surface area contributed by atoms with Crippen molar-refractivity contribution in [1.82, 2.24) is 0 Å². The maximum Gasteiger partial charge on any atom is 0.393 e. The van der Waals surface area contributed by atoms with Crippen LogP contribution in [-0.4, -0.2) is 12.2 Å². The largest absolute Gasteiger partial charge is 0.393 e. The van der Waals surface area contributed by atoms with E-state index in [0.29, 0.717) is 18.5 Å². The molecule has 0 heterocycles. The van der Waals surface area contributed by atoms with E-state index in [1.54, 1.807) is 0 Å². The van der Waals surface area contributed by atoms with Crippen LogP contribution >= 0.6 is 11.6 Å². The van der Waals surface area contributed by atoms with Gasteiger partial charge >= 0.3 is 6.18 Å². The average Bonchev–Trinajstić information content (AvgIpc) is 2.26. The lowest BCUT2D eigenvalue weighted by Crippen LogP contribution is -2.41. The van der Waals surface area contributed by atoms with Crippen LogP contribution in [0, 0.1) is 11.7 Å². The van der Waals surface area contributed by atoms with Crippen molar-refractivity contribution in [3.63, 3.8) is 0 Å². The van der Waals surface area contributed by atoms with E-state index in [4.69, 9.17) is 11.6 Å². The number of alkyl halides is 3. The Bertz CT molecular complexity index is 427. The van der Waals surface area contributed by atoms with Gasteiger partial charge in [-0.1, -0.05) is 24.4 Å². The lowest BCUT2D eigenvalue weighted by atomic mass is 9.84. The van der Waals surface area contributed by atoms with Gasteiger partial charge in [0.05, 0.1) is 5.92 Å². The molecule has 0 bridgehead atoms. The lowest BCUT2D eigenvalue weighted by Gasteiger charge is -2.34. The van der Waals surface area contributed by atoms with Gasteiger partial charge in [0.25, 0.3) is 0 Å². The summed E-state index contributed by atoms with van der Waals surface area (Å²) in [5, 5.41) is 2.94. The predicted octanol–water partition coefficient (Wildman–Crippen LogP) is 5.01. The van der Waals surface area contributed by atoms with E-state index in [-0.39, 0.29) is 11.4 Å². The second-order valence-corrected chi connectivity index (χ2v) is 5.28. The van der Waals surface area contributed by atoms with Crippen LogP contribution in [0.15, 0.2) is 18.2 Å². The van der Waals surface area contributed by atoms with Gasteiger partial charge in [-0.25, -0.2) is 4.39 Å². The summed E-state index contributed by atoms with van der Waals surface area (Å²) in [6, 6.07) is 3.00. The third-order valence-electron chi connectivity index (χ3n) is 3.40. The SMILES string of the molecule is Fc1cc(Cl)cc(NC2CCCCC2C(F)(F)F)c1. The molecule has 1 nitrogen and oxygen atoms in total. The number of rotatable bonds is 2. The molecule has 0 amide bonds. The lowest BCUT2D eigenvalue weighted by molar-refractivity contribution is -0.184. The second kappa shape index (κ2) is 5.57. The third kappa shape index (κ3) is 3.75. The molecule has 1 N–H and O–H groups in total. The van der Waals surface area contributed by atoms with Crippen molar-refractivity contribution in [3.8, 4) is 0 Å². The Hall–Kier alpha value is -0.970. The van der Waals surface area contributed by atoms with Gasteiger partial charge in [-0.2, -0.15) is 13.2 Å². The van der Waals surface area contributed by atoms with Gasteiger partial charge < -0.3 is 5.32 Å². The molecule has 1 aromatic rings. The van der Waals surface area contributed by atoms with Crippen LogP contribution in [0.3, 0.4) is 0 Å². The van der Waals surface area contributed by atoms with Crippen molar-refractivity contribution in [2.75, 3.05) is 5.32 Å². The first-order valence-electron chi connectivity index (χ1n) is 6.15. The fraction of sp³-hybridized carbons (Fsp3) is 0.538. The highest BCUT2D eigenvalue weighted by Crippen LogP contribution is 2.39. The standard InChI is InChI=1S/C13H14ClF4N/c14-8-5-9(15)7-10(6-8)19-12-4-2-1-3-11(12)13(16,17)18/h5-7,11-12,19H,1-4H2. The molecule has 1 aromatic carbocycles. The van der Waals surface area contributed by atoms with Crippen LogP contribution in [0.5, 0.6) is 0 Å². The van der Waals surface area contributed by atoms with E-state index in [1.165, 1.54) is 6.07 Å². The molecule has 0 spiro atoms. The second-order valence-electron chi connectivity index (χ2n) is 4.84. The number of hydrogen-bond acceptors (Lipinski definition) is 1. The molecule has 0 aromatic heterocycles. The van der Waals surface area contributed by atoms with Gasteiger partial charge in [0, 0.05) is 16.8 Å². The Labute approximate surface area is 113 Å². The van der Waals surface area contributed by atoms with E-state index in [2.05, 4.69) is 5.32 Å². The van der Waals surface area contributed by atoms with Gasteiger partial charge in [-0.15, -0.1) is 0 Å². The number of benzene rings is 1. The normalized spacial score (nSPS) is 24.3. The van der Waals surface area contributed by atoms with E-state index in [9.17, 15) is 17.6 Å². The maximum atomic E-state index is 13.2. The summed E-state index contributed by atoms with van der Waals surface area (Å²) in [7, 11) is 0. The minimum absolute atomic E-state index is 0.115. The molecule has 2 rings (SSSR count). The summed E-state index contributed by atoms with van der Waals surface area (Å²) >= 11 is 5.69. The summed E-state index contributed by atoms with van der Waals surface area (Å²) in [6.07, 6.45) is -2.36. The van der Waals surface area contributed by atoms with Gasteiger partial charge in [-0.3, -0.25) is 0 Å². The van der Waals surface area contributed by atoms with Crippen molar-refractivity contribution >= 4 is 17.3 Å². The van der Waals surface area contributed by atoms with Gasteiger partial charge in [0.2, 0.25) is 0 Å². The van der Waals surface area contributed by atoms with Crippen LogP contribution in [-0.2, 0) is 0 Å². The molecular weight excluding hydrogens is 282 g/mol. The molecule has 1 saturated carbocycles. The van der Waals surface area contributed by atoms with Crippen LogP contribution in [0.1, 0.15) is 25.7 Å². The highest BCUT2D eigenvalue weighted by molar-refractivity contribution is 6.30. The molecule has 0 saturated heterocycles. The number of hydrogen-bond donors (Lipinski definition) is 1. The summed E-state index contributed by atoms with van der Waals surface area (Å²) in [5.41, 5.74) is 0.297. The fourth-order valence-electron chi connectivity index (χ4n) is 2.55. The first-order chi connectivity index (χ1) is 8.86. The zero-order valence-electron chi connectivity index (χ0n) is 10.1. The van der Waals surface area contributed by atoms with E-state index in [0.717, 1.165) is 18.6 Å². The van der Waals surface area contributed by atoms with Crippen LogP contribution in [0.4, 0.5) is 23.2 Å². The van der Waals surface area contributed by atoms with Gasteiger partial charge in [-0.05, 0) is 31.0 Å². The molecule has 0 aliphatic heterocycles. The summed E-state index contributed by atoms with van der Waals surface area (Å²) < 4.78 is 51.9. The van der Waals surface area contributed by atoms with E-state index in [1.807, 2.05) is 0 Å². The van der Waals surface area contributed by atoms with Crippen molar-refractivity contribution in [2.24, 2.45) is 5.92 Å². The Morgan fingerprint density at radius 1 is 1.11 bits per heavy atom. The highest BCUT2D eigenvalue weighted by Gasteiger charge is 2.45. The van der Waals surface area contributed by atoms with Gasteiger partial charge in [0.1, 0.15) is 5.82 Å². The first kappa shape index (κ1) is 14.4. The van der Waals surface area contributed by atoms with Crippen molar-refractivity contribution in [3.05, 3.63) is 29.0 Å². The molecule has 2 unspecified atom stereocenters. The number of nitrogens with one attached hydrogen (secondary N) is 1. The van der Waals surface area contributed by atoms with Crippen LogP contribution in [0.2, 0.25) is 5.02 Å². The molecule has 1 aliphatic rings. The van der Waals surface area contributed by atoms with Gasteiger partial charge in [0.15, 0.2) is 0 Å². The van der Waals surface area contributed by atoms with Crippen molar-refractivity contribution in [2.45, 2.75) is 37.9 Å². The van der Waals surface area contributed by atoms with Crippen molar-refractivity contribution in [1.29, 1.82) is 0 Å². The molecule has 2 atom stereocenters. The summed E-state index contributed by atoms with van der Waals surface area (Å²) in [4.78, 5) is 0. The smallest absolute Gasteiger partial charge is 0.382 e. The Morgan fingerprint density at radius 2 is 1.79 bits per heavy atom. The summed E-state index contributed by atoms with van der Waals surface area (Å²) in [6.45, 7) is 0. The minimum atomic E-state index is -4.23. The zero-order chi connectivity index (χ0) is 14.0. The van der Waals surface area contributed by atoms with E-state index < -0.39 is 24.0 Å². The average molecular weight is 296 g/mol. The minimum Gasteiger partial charge on any atom is -0.382 e. The van der Waals surface area contributed by atoms with E-state index >= 15 is 0 Å². The molecule has 0 radical (unpaired) electrons. The monoisotopic (exact) mass is 295 g/mol. The molecule has 1 fully saturated rings. The zero-order valence-corrected chi connectivity index (χ0v) is 10.9. The fourth-order valence-corrected chi connectivity index (χ4v) is 2.77. The molecule has 106 valence electrons. The summed E-state index contributed by atoms with van der Waals surface area (Å²) in [5.74, 6) is -1.95. The topological polar surface area (TPSA) is 12.0 Å². The first-order valence-corrected chi connectivity index (χ1v) is 6.53. The molecular formula is C13H14ClF4N. The maximum absolute atomic E-state index is 13.2. The molecule has 6 heteroatoms. The Balaban J connectivity index is 2.15. The quantitative estimate of drug-likeness (QED) is 0.756. The Kier molecular flexibility index (Phi) is 4.23. The van der Waals surface area contributed by atoms with Crippen LogP contribution in [0.25, 0.3) is 0 Å².